The summed E-state index contributed by atoms with van der Waals surface area (Å²) in [5.74, 6) is 0.497. The summed E-state index contributed by atoms with van der Waals surface area (Å²) in [6, 6.07) is 5.22. The van der Waals surface area contributed by atoms with Gasteiger partial charge in [-0.2, -0.15) is 0 Å². The molecule has 1 aliphatic heterocycles. The van der Waals surface area contributed by atoms with E-state index in [-0.39, 0.29) is 17.4 Å². The van der Waals surface area contributed by atoms with Gasteiger partial charge < -0.3 is 16.2 Å². The highest BCUT2D eigenvalue weighted by atomic mass is 32.1. The fourth-order valence-electron chi connectivity index (χ4n) is 2.45. The number of hydrogen-bond donors (Lipinski definition) is 2. The molecule has 0 fully saturated rings. The molecule has 0 saturated carbocycles. The Bertz CT molecular complexity index is 555. The molecule has 1 heterocycles. The number of rotatable bonds is 4. The predicted octanol–water partition coefficient (Wildman–Crippen LogP) is 1.84. The number of carbonyl (C=O) groups excluding carboxylic acids is 1. The van der Waals surface area contributed by atoms with Crippen molar-refractivity contribution in [3.8, 4) is 5.75 Å². The van der Waals surface area contributed by atoms with Crippen LogP contribution in [-0.2, 0) is 4.79 Å². The number of nitrogens with zero attached hydrogens (tertiary/aromatic N) is 1. The Labute approximate surface area is 123 Å². The van der Waals surface area contributed by atoms with E-state index in [4.69, 9.17) is 28.4 Å². The average molecular weight is 293 g/mol. The average Bonchev–Trinajstić information content (AvgIpc) is 2.41. The molecule has 1 aromatic rings. The minimum absolute atomic E-state index is 0.104. The molecule has 0 bridgehead atoms. The van der Waals surface area contributed by atoms with E-state index in [1.165, 1.54) is 0 Å². The van der Waals surface area contributed by atoms with E-state index in [0.29, 0.717) is 30.0 Å². The van der Waals surface area contributed by atoms with Gasteiger partial charge in [0.15, 0.2) is 5.60 Å². The van der Waals surface area contributed by atoms with Crippen LogP contribution in [0.25, 0.3) is 0 Å². The molecule has 108 valence electrons. The lowest BCUT2D eigenvalue weighted by molar-refractivity contribution is -0.136. The molecule has 0 spiro atoms. The Morgan fingerprint density at radius 2 is 2.05 bits per heavy atom. The van der Waals surface area contributed by atoms with Crippen LogP contribution in [0, 0.1) is 0 Å². The zero-order valence-electron chi connectivity index (χ0n) is 11.7. The Morgan fingerprint density at radius 3 is 2.60 bits per heavy atom. The maximum Gasteiger partial charge on any atom is 0.271 e. The molecular weight excluding hydrogens is 274 g/mol. The second-order valence-corrected chi connectivity index (χ2v) is 5.41. The summed E-state index contributed by atoms with van der Waals surface area (Å²) < 4.78 is 5.97. The van der Waals surface area contributed by atoms with Crippen LogP contribution in [0.2, 0.25) is 0 Å². The van der Waals surface area contributed by atoms with Crippen molar-refractivity contribution >= 4 is 34.5 Å². The summed E-state index contributed by atoms with van der Waals surface area (Å²) in [6.45, 7) is 4.06. The minimum Gasteiger partial charge on any atom is -0.475 e. The SMILES string of the molecule is CCC1(CC)Oc2cc(N)ccc2N(CC(N)=S)C1=O. The molecule has 6 heteroatoms. The third kappa shape index (κ3) is 2.31. The van der Waals surface area contributed by atoms with E-state index in [1.807, 2.05) is 13.8 Å². The molecule has 0 aliphatic carbocycles. The number of carbonyl (C=O) groups is 1. The van der Waals surface area contributed by atoms with Gasteiger partial charge in [0.1, 0.15) is 5.75 Å². The summed E-state index contributed by atoms with van der Waals surface area (Å²) in [4.78, 5) is 14.6. The summed E-state index contributed by atoms with van der Waals surface area (Å²) >= 11 is 4.95. The van der Waals surface area contributed by atoms with Crippen molar-refractivity contribution in [3.63, 3.8) is 0 Å². The molecule has 5 nitrogen and oxygen atoms in total. The number of benzene rings is 1. The van der Waals surface area contributed by atoms with Crippen LogP contribution in [-0.4, -0.2) is 23.0 Å². The van der Waals surface area contributed by atoms with Crippen LogP contribution >= 0.6 is 12.2 Å². The molecule has 4 N–H and O–H groups in total. The second kappa shape index (κ2) is 5.28. The third-order valence-electron chi connectivity index (χ3n) is 3.67. The number of anilines is 2. The summed E-state index contributed by atoms with van der Waals surface area (Å²) in [5, 5.41) is 0. The number of nitrogen functional groups attached to an aromatic ring is 1. The van der Waals surface area contributed by atoms with Crippen LogP contribution in [0.5, 0.6) is 5.75 Å². The fourth-order valence-corrected chi connectivity index (χ4v) is 2.58. The van der Waals surface area contributed by atoms with Gasteiger partial charge in [-0.25, -0.2) is 0 Å². The van der Waals surface area contributed by atoms with Gasteiger partial charge >= 0.3 is 0 Å². The van der Waals surface area contributed by atoms with Gasteiger partial charge in [0, 0.05) is 11.8 Å². The van der Waals surface area contributed by atoms with Crippen LogP contribution in [0.4, 0.5) is 11.4 Å². The molecule has 0 radical (unpaired) electrons. The van der Waals surface area contributed by atoms with E-state index in [2.05, 4.69) is 0 Å². The lowest BCUT2D eigenvalue weighted by atomic mass is 9.92. The Morgan fingerprint density at radius 1 is 1.40 bits per heavy atom. The van der Waals surface area contributed by atoms with Crippen molar-refractivity contribution in [3.05, 3.63) is 18.2 Å². The van der Waals surface area contributed by atoms with Gasteiger partial charge in [0.2, 0.25) is 0 Å². The lowest BCUT2D eigenvalue weighted by Gasteiger charge is -2.41. The lowest BCUT2D eigenvalue weighted by Crippen LogP contribution is -2.57. The highest BCUT2D eigenvalue weighted by Crippen LogP contribution is 2.41. The van der Waals surface area contributed by atoms with Gasteiger partial charge in [-0.15, -0.1) is 0 Å². The number of ether oxygens (including phenoxy) is 1. The zero-order valence-corrected chi connectivity index (χ0v) is 12.5. The molecule has 1 aromatic carbocycles. The van der Waals surface area contributed by atoms with Crippen molar-refractivity contribution in [2.24, 2.45) is 5.73 Å². The first-order valence-electron chi connectivity index (χ1n) is 6.62. The number of nitrogens with two attached hydrogens (primary N) is 2. The summed E-state index contributed by atoms with van der Waals surface area (Å²) in [5.41, 5.74) is 11.8. The van der Waals surface area contributed by atoms with Crippen LogP contribution in [0.15, 0.2) is 18.2 Å². The summed E-state index contributed by atoms with van der Waals surface area (Å²) in [7, 11) is 0. The first kappa shape index (κ1) is 14.6. The Balaban J connectivity index is 2.55. The monoisotopic (exact) mass is 293 g/mol. The predicted molar refractivity (Wildman–Crippen MR) is 83.9 cm³/mol. The Hall–Kier alpha value is -1.82. The quantitative estimate of drug-likeness (QED) is 0.654. The topological polar surface area (TPSA) is 81.6 Å². The van der Waals surface area contributed by atoms with Gasteiger partial charge in [0.05, 0.1) is 17.2 Å². The van der Waals surface area contributed by atoms with E-state index < -0.39 is 5.60 Å². The maximum atomic E-state index is 12.7. The third-order valence-corrected chi connectivity index (χ3v) is 3.80. The first-order valence-corrected chi connectivity index (χ1v) is 7.03. The molecule has 0 aromatic heterocycles. The fraction of sp³-hybridized carbons (Fsp3) is 0.429. The number of amides is 1. The van der Waals surface area contributed by atoms with Gasteiger partial charge in [-0.05, 0) is 25.0 Å². The normalized spacial score (nSPS) is 16.5. The van der Waals surface area contributed by atoms with Crippen molar-refractivity contribution in [1.29, 1.82) is 0 Å². The second-order valence-electron chi connectivity index (χ2n) is 4.89. The van der Waals surface area contributed by atoms with Gasteiger partial charge in [-0.1, -0.05) is 26.1 Å². The minimum atomic E-state index is -0.869. The van der Waals surface area contributed by atoms with Crippen molar-refractivity contribution in [1.82, 2.24) is 0 Å². The number of thiocarbonyl (C=S) groups is 1. The van der Waals surface area contributed by atoms with E-state index >= 15 is 0 Å². The van der Waals surface area contributed by atoms with E-state index in [9.17, 15) is 4.79 Å². The van der Waals surface area contributed by atoms with E-state index in [0.717, 1.165) is 0 Å². The van der Waals surface area contributed by atoms with Crippen LogP contribution < -0.4 is 21.1 Å². The molecule has 0 atom stereocenters. The van der Waals surface area contributed by atoms with Gasteiger partial charge in [0.25, 0.3) is 5.91 Å². The molecule has 20 heavy (non-hydrogen) atoms. The molecule has 2 rings (SSSR count). The van der Waals surface area contributed by atoms with Gasteiger partial charge in [-0.3, -0.25) is 9.69 Å². The highest BCUT2D eigenvalue weighted by molar-refractivity contribution is 7.80. The number of fused-ring (bicyclic) bond motifs is 1. The van der Waals surface area contributed by atoms with E-state index in [1.54, 1.807) is 23.1 Å². The zero-order chi connectivity index (χ0) is 14.9. The van der Waals surface area contributed by atoms with Crippen molar-refractivity contribution in [2.45, 2.75) is 32.3 Å². The molecule has 0 saturated heterocycles. The van der Waals surface area contributed by atoms with Crippen LogP contribution in [0.3, 0.4) is 0 Å². The molecule has 1 aliphatic rings. The highest BCUT2D eigenvalue weighted by Gasteiger charge is 2.45. The molecule has 0 unspecified atom stereocenters. The standard InChI is InChI=1S/C14H19N3O2S/c1-3-14(4-2)13(18)17(8-12(16)20)10-6-5-9(15)7-11(10)19-14/h5-7H,3-4,8,15H2,1-2H3,(H2,16,20). The van der Waals surface area contributed by atoms with Crippen molar-refractivity contribution < 1.29 is 9.53 Å². The van der Waals surface area contributed by atoms with Crippen molar-refractivity contribution in [2.75, 3.05) is 17.2 Å². The number of hydrogen-bond acceptors (Lipinski definition) is 4. The molecule has 1 amide bonds. The first-order chi connectivity index (χ1) is 9.43. The van der Waals surface area contributed by atoms with Crippen LogP contribution in [0.1, 0.15) is 26.7 Å². The Kier molecular flexibility index (Phi) is 3.85. The smallest absolute Gasteiger partial charge is 0.271 e. The summed E-state index contributed by atoms with van der Waals surface area (Å²) in [6.07, 6.45) is 1.15. The largest absolute Gasteiger partial charge is 0.475 e. The maximum absolute atomic E-state index is 12.7. The molecular formula is C14H19N3O2S.